The van der Waals surface area contributed by atoms with Gasteiger partial charge >= 0.3 is 24.0 Å². The highest BCUT2D eigenvalue weighted by molar-refractivity contribution is 5.82. The predicted octanol–water partition coefficient (Wildman–Crippen LogP) is 8.20. The summed E-state index contributed by atoms with van der Waals surface area (Å²) in [7, 11) is 0. The third kappa shape index (κ3) is 15.2. The zero-order chi connectivity index (χ0) is 49.0. The number of carbonyl (C=O) groups excluding carboxylic acids is 4. The molecule has 69 heavy (non-hydrogen) atoms. The molecule has 0 spiro atoms. The van der Waals surface area contributed by atoms with Crippen LogP contribution in [0.1, 0.15) is 13.8 Å². The molecule has 16 heteroatoms. The number of aromatic hydroxyl groups is 1. The van der Waals surface area contributed by atoms with Crippen molar-refractivity contribution in [1.29, 1.82) is 0 Å². The van der Waals surface area contributed by atoms with E-state index in [0.717, 1.165) is 45.5 Å². The fraction of sp³-hybridized carbons (Fsp3) is 0.226. The molecular weight excluding hydrogens is 885 g/mol. The molecule has 6 aromatic rings. The molecule has 1 atom stereocenters. The topological polar surface area (TPSA) is 204 Å². The fourth-order valence-corrected chi connectivity index (χ4v) is 6.47. The largest absolute Gasteiger partial charge is 0.507 e. The first-order valence-corrected chi connectivity index (χ1v) is 21.9. The standard InChI is InChI=1S/C53H52N4O12/c1-5-46(59)67-34-53(4,35-68-47(60)6-2)57-52(62)66-32-30-64-28-27-63-29-31-65-51(61)36(3)69-43-25-26-44(45(58)33-43)50-55-48(41-21-17-39(18-22-41)37-13-9-7-10-14-37)54-49(56-50)42-23-19-40(20-24-42)38-15-11-8-12-16-38/h5-26,33,36,58H,1-2,27-32,34-35H2,3-4H3,(H,57,62). The number of nitrogens with zero attached hydrogens (tertiary/aromatic N) is 3. The van der Waals surface area contributed by atoms with Gasteiger partial charge in [0.1, 0.15) is 43.5 Å². The second kappa shape index (κ2) is 25.1. The van der Waals surface area contributed by atoms with Crippen LogP contribution in [0.5, 0.6) is 11.5 Å². The van der Waals surface area contributed by atoms with E-state index in [9.17, 15) is 24.3 Å². The Kier molecular flexibility index (Phi) is 18.2. The third-order valence-corrected chi connectivity index (χ3v) is 10.1. The summed E-state index contributed by atoms with van der Waals surface area (Å²) in [6, 6.07) is 40.6. The minimum absolute atomic E-state index is 0.0380. The number of phenols is 1. The van der Waals surface area contributed by atoms with Crippen LogP contribution >= 0.6 is 0 Å². The molecule has 1 heterocycles. The van der Waals surface area contributed by atoms with Crippen LogP contribution in [-0.4, -0.2) is 109 Å². The lowest BCUT2D eigenvalue weighted by Gasteiger charge is -2.28. The van der Waals surface area contributed by atoms with Crippen LogP contribution in [0.3, 0.4) is 0 Å². The molecular formula is C53H52N4O12. The van der Waals surface area contributed by atoms with Crippen LogP contribution in [0, 0.1) is 0 Å². The molecule has 1 amide bonds. The lowest BCUT2D eigenvalue weighted by Crippen LogP contribution is -2.53. The van der Waals surface area contributed by atoms with E-state index in [-0.39, 0.29) is 70.2 Å². The van der Waals surface area contributed by atoms with Crippen LogP contribution in [0.15, 0.2) is 153 Å². The second-order valence-electron chi connectivity index (χ2n) is 15.5. The van der Waals surface area contributed by atoms with Crippen molar-refractivity contribution in [2.45, 2.75) is 25.5 Å². The summed E-state index contributed by atoms with van der Waals surface area (Å²) in [5, 5.41) is 13.8. The van der Waals surface area contributed by atoms with E-state index in [1.165, 1.54) is 19.9 Å². The van der Waals surface area contributed by atoms with Crippen molar-refractivity contribution in [3.05, 3.63) is 153 Å². The summed E-state index contributed by atoms with van der Waals surface area (Å²) >= 11 is 0. The Bertz CT molecular complexity index is 2560. The van der Waals surface area contributed by atoms with Gasteiger partial charge in [-0.15, -0.1) is 0 Å². The van der Waals surface area contributed by atoms with Crippen molar-refractivity contribution in [2.24, 2.45) is 0 Å². The summed E-state index contributed by atoms with van der Waals surface area (Å²) in [6.07, 6.45) is 0.0318. The molecule has 0 saturated carbocycles. The van der Waals surface area contributed by atoms with E-state index < -0.39 is 35.6 Å². The Morgan fingerprint density at radius 2 is 1.01 bits per heavy atom. The quantitative estimate of drug-likeness (QED) is 0.0254. The predicted molar refractivity (Wildman–Crippen MR) is 257 cm³/mol. The Balaban J connectivity index is 0.977. The molecule has 6 rings (SSSR count). The Labute approximate surface area is 399 Å². The summed E-state index contributed by atoms with van der Waals surface area (Å²) in [4.78, 5) is 62.6. The van der Waals surface area contributed by atoms with E-state index in [1.54, 1.807) is 12.1 Å². The number of carbonyl (C=O) groups is 4. The molecule has 16 nitrogen and oxygen atoms in total. The minimum Gasteiger partial charge on any atom is -0.507 e. The van der Waals surface area contributed by atoms with Crippen LogP contribution < -0.4 is 10.1 Å². The summed E-state index contributed by atoms with van der Waals surface area (Å²) in [6.45, 7) is 9.26. The second-order valence-corrected chi connectivity index (χ2v) is 15.5. The van der Waals surface area contributed by atoms with Crippen molar-refractivity contribution in [2.75, 3.05) is 52.9 Å². The molecule has 0 saturated heterocycles. The van der Waals surface area contributed by atoms with Gasteiger partial charge in [0.2, 0.25) is 0 Å². The van der Waals surface area contributed by atoms with Gasteiger partial charge in [-0.25, -0.2) is 34.1 Å². The number of hydrogen-bond acceptors (Lipinski definition) is 15. The number of hydrogen-bond donors (Lipinski definition) is 2. The van der Waals surface area contributed by atoms with Gasteiger partial charge < -0.3 is 43.6 Å². The van der Waals surface area contributed by atoms with E-state index in [4.69, 9.17) is 48.1 Å². The van der Waals surface area contributed by atoms with Gasteiger partial charge in [0.25, 0.3) is 0 Å². The van der Waals surface area contributed by atoms with E-state index >= 15 is 0 Å². The Morgan fingerprint density at radius 3 is 1.49 bits per heavy atom. The Morgan fingerprint density at radius 1 is 0.580 bits per heavy atom. The molecule has 1 aromatic heterocycles. The smallest absolute Gasteiger partial charge is 0.407 e. The lowest BCUT2D eigenvalue weighted by molar-refractivity contribution is -0.152. The maximum atomic E-state index is 12.8. The van der Waals surface area contributed by atoms with Crippen molar-refractivity contribution >= 4 is 24.0 Å². The first-order chi connectivity index (χ1) is 33.4. The summed E-state index contributed by atoms with van der Waals surface area (Å²) in [5.41, 5.74) is 4.80. The SMILES string of the molecule is C=CC(=O)OCC(C)(COC(=O)C=C)NC(=O)OCCOCCOCCOC(=O)C(C)Oc1ccc(-c2nc(-c3ccc(-c4ccccc4)cc3)nc(-c3ccc(-c4ccccc4)cc3)n2)c(O)c1. The molecule has 0 aliphatic rings. The van der Waals surface area contributed by atoms with E-state index in [2.05, 4.69) is 18.5 Å². The number of esters is 3. The number of alkyl carbamates (subject to hydrolysis) is 1. The van der Waals surface area contributed by atoms with Crippen molar-refractivity contribution in [1.82, 2.24) is 20.3 Å². The lowest BCUT2D eigenvalue weighted by atomic mass is 10.0. The fourth-order valence-electron chi connectivity index (χ4n) is 6.47. The van der Waals surface area contributed by atoms with Gasteiger partial charge in [0.05, 0.1) is 32.0 Å². The van der Waals surface area contributed by atoms with E-state index in [1.807, 2.05) is 109 Å². The van der Waals surface area contributed by atoms with Gasteiger partial charge in [-0.3, -0.25) is 0 Å². The number of phenolic OH excluding ortho intramolecular Hbond substituents is 1. The first-order valence-electron chi connectivity index (χ1n) is 21.9. The number of aromatic nitrogens is 3. The number of rotatable bonds is 24. The third-order valence-electron chi connectivity index (χ3n) is 10.1. The Hall–Kier alpha value is -8.21. The molecule has 2 N–H and O–H groups in total. The van der Waals surface area contributed by atoms with Gasteiger partial charge in [0, 0.05) is 29.3 Å². The molecule has 1 unspecified atom stereocenters. The maximum Gasteiger partial charge on any atom is 0.407 e. The van der Waals surface area contributed by atoms with Crippen molar-refractivity contribution in [3.8, 4) is 67.9 Å². The molecule has 5 aromatic carbocycles. The number of benzene rings is 5. The van der Waals surface area contributed by atoms with E-state index in [0.29, 0.717) is 17.2 Å². The summed E-state index contributed by atoms with van der Waals surface area (Å²) < 4.78 is 37.1. The van der Waals surface area contributed by atoms with Gasteiger partial charge in [-0.2, -0.15) is 0 Å². The molecule has 0 aliphatic heterocycles. The first kappa shape index (κ1) is 50.2. The number of ether oxygens (including phenoxy) is 7. The van der Waals surface area contributed by atoms with Crippen LogP contribution in [0.25, 0.3) is 56.4 Å². The molecule has 0 bridgehead atoms. The highest BCUT2D eigenvalue weighted by atomic mass is 16.6. The molecule has 356 valence electrons. The molecule has 0 fully saturated rings. The van der Waals surface area contributed by atoms with Crippen LogP contribution in [0.2, 0.25) is 0 Å². The van der Waals surface area contributed by atoms with Gasteiger partial charge in [-0.1, -0.05) is 122 Å². The zero-order valence-corrected chi connectivity index (χ0v) is 38.2. The zero-order valence-electron chi connectivity index (χ0n) is 38.2. The summed E-state index contributed by atoms with van der Waals surface area (Å²) in [5.74, 6) is -0.976. The average molecular weight is 937 g/mol. The van der Waals surface area contributed by atoms with Gasteiger partial charge in [-0.05, 0) is 48.2 Å². The normalized spacial score (nSPS) is 11.4. The number of amides is 1. The van der Waals surface area contributed by atoms with Crippen molar-refractivity contribution < 1.29 is 57.4 Å². The van der Waals surface area contributed by atoms with Crippen molar-refractivity contribution in [3.63, 3.8) is 0 Å². The number of nitrogens with one attached hydrogen (secondary N) is 1. The van der Waals surface area contributed by atoms with Crippen LogP contribution in [-0.2, 0) is 42.8 Å². The van der Waals surface area contributed by atoms with Crippen LogP contribution in [0.4, 0.5) is 4.79 Å². The minimum atomic E-state index is -1.30. The maximum absolute atomic E-state index is 12.8. The average Bonchev–Trinajstić information content (AvgIpc) is 3.38. The van der Waals surface area contributed by atoms with Gasteiger partial charge in [0.15, 0.2) is 23.6 Å². The molecule has 0 radical (unpaired) electrons. The highest BCUT2D eigenvalue weighted by Crippen LogP contribution is 2.34. The highest BCUT2D eigenvalue weighted by Gasteiger charge is 2.31. The molecule has 0 aliphatic carbocycles. The monoisotopic (exact) mass is 936 g/mol.